The predicted molar refractivity (Wildman–Crippen MR) is 152 cm³/mol. The molecule has 8 nitrogen and oxygen atoms in total. The number of halogens is 2. The Morgan fingerprint density at radius 3 is 2.46 bits per heavy atom. The summed E-state index contributed by atoms with van der Waals surface area (Å²) >= 11 is 0. The van der Waals surface area contributed by atoms with Crippen molar-refractivity contribution in [3.8, 4) is 22.6 Å². The number of morpholine rings is 1. The third-order valence-electron chi connectivity index (χ3n) is 9.03. The number of ether oxygens (including phenoxy) is 1. The zero-order chi connectivity index (χ0) is 28.1. The topological polar surface area (TPSA) is 103 Å². The van der Waals surface area contributed by atoms with Gasteiger partial charge in [-0.25, -0.2) is 18.7 Å². The van der Waals surface area contributed by atoms with Crippen LogP contribution in [0, 0.1) is 29.4 Å². The van der Waals surface area contributed by atoms with Crippen LogP contribution in [0.2, 0.25) is 0 Å². The molecule has 4 fully saturated rings. The van der Waals surface area contributed by atoms with Crippen molar-refractivity contribution in [1.82, 2.24) is 15.0 Å². The highest BCUT2D eigenvalue weighted by atomic mass is 19.1. The molecule has 1 aliphatic heterocycles. The van der Waals surface area contributed by atoms with Crippen molar-refractivity contribution in [2.24, 2.45) is 17.8 Å². The maximum Gasteiger partial charge on any atom is 0.308 e. The highest BCUT2D eigenvalue weighted by Gasteiger charge is 2.47. The number of aliphatic carboxylic acids is 1. The largest absolute Gasteiger partial charge is 0.481 e. The molecule has 0 amide bonds. The molecule has 4 aliphatic rings. The van der Waals surface area contributed by atoms with E-state index in [1.165, 1.54) is 6.07 Å². The Morgan fingerprint density at radius 2 is 1.73 bits per heavy atom. The molecule has 2 atom stereocenters. The molecule has 3 aliphatic carbocycles. The summed E-state index contributed by atoms with van der Waals surface area (Å²) in [6.07, 6.45) is 5.42. The number of rotatable bonds is 6. The van der Waals surface area contributed by atoms with Crippen molar-refractivity contribution in [1.29, 1.82) is 0 Å². The molecular formula is C31H31F2N5O3. The Balaban J connectivity index is 1.30. The molecular weight excluding hydrogens is 528 g/mol. The smallest absolute Gasteiger partial charge is 0.308 e. The summed E-state index contributed by atoms with van der Waals surface area (Å²) < 4.78 is 34.2. The number of carbonyl (C=O) groups is 1. The number of aromatic nitrogens is 3. The Bertz CT molecular complexity index is 1590. The van der Waals surface area contributed by atoms with Gasteiger partial charge in [-0.3, -0.25) is 4.79 Å². The summed E-state index contributed by atoms with van der Waals surface area (Å²) in [4.78, 5) is 27.1. The third-order valence-corrected chi connectivity index (χ3v) is 9.03. The van der Waals surface area contributed by atoms with Crippen LogP contribution in [0.3, 0.4) is 0 Å². The zero-order valence-electron chi connectivity index (χ0n) is 22.4. The average Bonchev–Trinajstić information content (AvgIpc) is 3.42. The summed E-state index contributed by atoms with van der Waals surface area (Å²) in [5.41, 5.74) is 3.22. The number of benzene rings is 2. The van der Waals surface area contributed by atoms with Gasteiger partial charge < -0.3 is 25.0 Å². The SMILES string of the molecule is O=C(O)C1C2CCC(CC2)C1Nc1cc(-c2ccc(N3CCOCC3)cc2)nc(-c2c[nH]c3c(F)cc(F)cc23)n1. The monoisotopic (exact) mass is 559 g/mol. The van der Waals surface area contributed by atoms with E-state index in [4.69, 9.17) is 14.7 Å². The molecule has 0 spiro atoms. The fourth-order valence-corrected chi connectivity index (χ4v) is 6.98. The summed E-state index contributed by atoms with van der Waals surface area (Å²) in [7, 11) is 0. The van der Waals surface area contributed by atoms with Gasteiger partial charge in [0.2, 0.25) is 0 Å². The average molecular weight is 560 g/mol. The minimum Gasteiger partial charge on any atom is -0.481 e. The maximum atomic E-state index is 14.5. The molecule has 2 bridgehead atoms. The third kappa shape index (κ3) is 4.80. The van der Waals surface area contributed by atoms with Gasteiger partial charge in [0.05, 0.1) is 30.3 Å². The minimum absolute atomic E-state index is 0.142. The van der Waals surface area contributed by atoms with Gasteiger partial charge in [0, 0.05) is 59.7 Å². The lowest BCUT2D eigenvalue weighted by Gasteiger charge is -2.47. The summed E-state index contributed by atoms with van der Waals surface area (Å²) in [6.45, 7) is 3.04. The Kier molecular flexibility index (Phi) is 6.57. The van der Waals surface area contributed by atoms with Gasteiger partial charge in [0.25, 0.3) is 0 Å². The number of nitrogens with one attached hydrogen (secondary N) is 2. The highest BCUT2D eigenvalue weighted by molar-refractivity contribution is 5.94. The van der Waals surface area contributed by atoms with Crippen LogP contribution < -0.4 is 10.2 Å². The van der Waals surface area contributed by atoms with Crippen LogP contribution in [0.25, 0.3) is 33.5 Å². The van der Waals surface area contributed by atoms with Gasteiger partial charge in [0.15, 0.2) is 5.82 Å². The van der Waals surface area contributed by atoms with Crippen molar-refractivity contribution in [2.45, 2.75) is 31.7 Å². The van der Waals surface area contributed by atoms with E-state index in [0.29, 0.717) is 41.5 Å². The number of aromatic amines is 1. The Morgan fingerprint density at radius 1 is 1.00 bits per heavy atom. The van der Waals surface area contributed by atoms with Crippen LogP contribution >= 0.6 is 0 Å². The number of hydrogen-bond donors (Lipinski definition) is 3. The first-order valence-electron chi connectivity index (χ1n) is 14.2. The second-order valence-electron chi connectivity index (χ2n) is 11.3. The molecule has 2 aromatic carbocycles. The standard InChI is InChI=1S/C31H31F2N5O3/c32-20-13-22-23(16-34-29(22)24(33)14-20)30-35-25(17-5-7-21(8-6-17)38-9-11-41-12-10-38)15-26(37-30)36-28-19-3-1-18(2-4-19)27(28)31(39)40/h5-8,13-16,18-19,27-28,34H,1-4,9-12H2,(H,39,40)(H,35,36,37). The second kappa shape index (κ2) is 10.4. The number of anilines is 2. The molecule has 0 radical (unpaired) electrons. The van der Waals surface area contributed by atoms with Crippen LogP contribution in [0.15, 0.2) is 48.7 Å². The van der Waals surface area contributed by atoms with E-state index >= 15 is 0 Å². The molecule has 3 heterocycles. The predicted octanol–water partition coefficient (Wildman–Crippen LogP) is 5.71. The van der Waals surface area contributed by atoms with Crippen LogP contribution in [-0.2, 0) is 9.53 Å². The van der Waals surface area contributed by atoms with Crippen LogP contribution in [0.4, 0.5) is 20.3 Å². The van der Waals surface area contributed by atoms with Crippen molar-refractivity contribution >= 4 is 28.4 Å². The number of hydrogen-bond acceptors (Lipinski definition) is 6. The van der Waals surface area contributed by atoms with E-state index in [2.05, 4.69) is 15.2 Å². The molecule has 3 N–H and O–H groups in total. The van der Waals surface area contributed by atoms with Crippen molar-refractivity contribution in [3.63, 3.8) is 0 Å². The zero-order valence-corrected chi connectivity index (χ0v) is 22.4. The second-order valence-corrected chi connectivity index (χ2v) is 11.3. The van der Waals surface area contributed by atoms with Crippen molar-refractivity contribution < 1.29 is 23.4 Å². The van der Waals surface area contributed by atoms with Gasteiger partial charge >= 0.3 is 5.97 Å². The molecule has 4 aromatic rings. The summed E-state index contributed by atoms with van der Waals surface area (Å²) in [5.74, 6) is -1.48. The molecule has 2 aromatic heterocycles. The van der Waals surface area contributed by atoms with E-state index < -0.39 is 23.5 Å². The first kappa shape index (κ1) is 25.9. The summed E-state index contributed by atoms with van der Waals surface area (Å²) in [5, 5.41) is 13.9. The number of H-pyrrole nitrogens is 1. The highest BCUT2D eigenvalue weighted by Crippen LogP contribution is 2.46. The van der Waals surface area contributed by atoms with Gasteiger partial charge in [-0.1, -0.05) is 12.1 Å². The lowest BCUT2D eigenvalue weighted by Crippen LogP contribution is -2.51. The maximum absolute atomic E-state index is 14.5. The van der Waals surface area contributed by atoms with Gasteiger partial charge in [-0.15, -0.1) is 0 Å². The fraction of sp³-hybridized carbons (Fsp3) is 0.387. The van der Waals surface area contributed by atoms with Gasteiger partial charge in [0.1, 0.15) is 17.5 Å². The van der Waals surface area contributed by atoms with E-state index in [1.807, 2.05) is 30.3 Å². The van der Waals surface area contributed by atoms with Gasteiger partial charge in [-0.2, -0.15) is 0 Å². The van der Waals surface area contributed by atoms with Crippen molar-refractivity contribution in [2.75, 3.05) is 36.5 Å². The normalized spacial score (nSPS) is 24.1. The number of carboxylic acid groups (broad SMARTS) is 1. The fourth-order valence-electron chi connectivity index (χ4n) is 6.98. The lowest BCUT2D eigenvalue weighted by atomic mass is 9.61. The number of nitrogens with zero attached hydrogens (tertiary/aromatic N) is 3. The van der Waals surface area contributed by atoms with Crippen LogP contribution in [0.1, 0.15) is 25.7 Å². The molecule has 10 heteroatoms. The number of fused-ring (bicyclic) bond motifs is 4. The molecule has 2 unspecified atom stereocenters. The Labute approximate surface area is 235 Å². The quantitative estimate of drug-likeness (QED) is 0.278. The van der Waals surface area contributed by atoms with E-state index in [0.717, 1.165) is 56.1 Å². The molecule has 212 valence electrons. The van der Waals surface area contributed by atoms with Gasteiger partial charge in [-0.05, 0) is 55.7 Å². The van der Waals surface area contributed by atoms with E-state index in [9.17, 15) is 18.7 Å². The van der Waals surface area contributed by atoms with Crippen LogP contribution in [0.5, 0.6) is 0 Å². The van der Waals surface area contributed by atoms with E-state index in [1.54, 1.807) is 6.20 Å². The molecule has 8 rings (SSSR count). The number of carboxylic acids is 1. The summed E-state index contributed by atoms with van der Waals surface area (Å²) in [6, 6.07) is 11.8. The lowest BCUT2D eigenvalue weighted by molar-refractivity contribution is -0.148. The first-order valence-corrected chi connectivity index (χ1v) is 14.2. The molecule has 3 saturated carbocycles. The van der Waals surface area contributed by atoms with Crippen molar-refractivity contribution in [3.05, 3.63) is 60.3 Å². The molecule has 41 heavy (non-hydrogen) atoms. The van der Waals surface area contributed by atoms with Crippen LogP contribution in [-0.4, -0.2) is 58.4 Å². The molecule has 1 saturated heterocycles. The van der Waals surface area contributed by atoms with E-state index in [-0.39, 0.29) is 23.4 Å². The first-order chi connectivity index (χ1) is 19.9. The minimum atomic E-state index is -0.785. The Hall–Kier alpha value is -4.05.